The Morgan fingerprint density at radius 1 is 1.45 bits per heavy atom. The molecule has 2 aromatic rings. The average molecular weight is 323 g/mol. The molecule has 0 aliphatic heterocycles. The quantitative estimate of drug-likeness (QED) is 0.915. The Balaban J connectivity index is 1.71. The topological polar surface area (TPSA) is 55.1 Å². The lowest BCUT2D eigenvalue weighted by atomic mass is 10.0. The summed E-state index contributed by atoms with van der Waals surface area (Å²) in [6.07, 6.45) is 2.25. The Hall–Kier alpha value is -1.88. The molecule has 6 heteroatoms. The average Bonchev–Trinajstić information content (AvgIpc) is 3.28. The molecule has 22 heavy (non-hydrogen) atoms. The van der Waals surface area contributed by atoms with Crippen molar-refractivity contribution in [3.63, 3.8) is 0 Å². The molecule has 3 rings (SSSR count). The van der Waals surface area contributed by atoms with E-state index in [1.165, 1.54) is 12.1 Å². The van der Waals surface area contributed by atoms with Gasteiger partial charge in [-0.05, 0) is 55.0 Å². The van der Waals surface area contributed by atoms with E-state index in [2.05, 4.69) is 10.5 Å². The number of carbonyl (C=O) groups is 1. The van der Waals surface area contributed by atoms with Crippen molar-refractivity contribution in [2.45, 2.75) is 32.2 Å². The van der Waals surface area contributed by atoms with Gasteiger partial charge in [0, 0.05) is 5.56 Å². The number of amides is 1. The van der Waals surface area contributed by atoms with Crippen LogP contribution in [0, 0.1) is 18.7 Å². The second kappa shape index (κ2) is 6.08. The molecule has 0 bridgehead atoms. The summed E-state index contributed by atoms with van der Waals surface area (Å²) < 4.78 is 17.9. The molecule has 0 spiro atoms. The maximum atomic E-state index is 13.1. The molecular weight excluding hydrogens is 307 g/mol. The summed E-state index contributed by atoms with van der Waals surface area (Å²) in [4.78, 5) is 12.3. The van der Waals surface area contributed by atoms with E-state index in [0.717, 1.165) is 18.4 Å². The summed E-state index contributed by atoms with van der Waals surface area (Å²) in [7, 11) is 0. The molecule has 1 saturated carbocycles. The fraction of sp³-hybridized carbons (Fsp3) is 0.375. The molecule has 0 saturated heterocycles. The first-order valence-electron chi connectivity index (χ1n) is 7.20. The van der Waals surface area contributed by atoms with Crippen LogP contribution in [0.2, 0.25) is 5.22 Å². The Morgan fingerprint density at radius 2 is 2.14 bits per heavy atom. The van der Waals surface area contributed by atoms with Gasteiger partial charge in [0.05, 0.1) is 18.2 Å². The minimum Gasteiger partial charge on any atom is -0.349 e. The van der Waals surface area contributed by atoms with Gasteiger partial charge in [0.15, 0.2) is 0 Å². The van der Waals surface area contributed by atoms with E-state index in [4.69, 9.17) is 16.1 Å². The maximum absolute atomic E-state index is 13.1. The smallest absolute Gasteiger partial charge is 0.229 e. The maximum Gasteiger partial charge on any atom is 0.229 e. The Labute approximate surface area is 132 Å². The normalized spacial score (nSPS) is 15.6. The van der Waals surface area contributed by atoms with Crippen molar-refractivity contribution < 1.29 is 13.7 Å². The summed E-state index contributed by atoms with van der Waals surface area (Å²) in [5, 5.41) is 6.90. The van der Waals surface area contributed by atoms with Crippen molar-refractivity contribution in [3.8, 4) is 0 Å². The minimum atomic E-state index is -0.281. The zero-order chi connectivity index (χ0) is 15.7. The van der Waals surface area contributed by atoms with Crippen LogP contribution in [0.1, 0.15) is 35.7 Å². The van der Waals surface area contributed by atoms with Crippen LogP contribution in [-0.2, 0) is 11.2 Å². The largest absolute Gasteiger partial charge is 0.349 e. The number of rotatable bonds is 5. The molecule has 1 atom stereocenters. The molecule has 1 fully saturated rings. The van der Waals surface area contributed by atoms with Gasteiger partial charge in [-0.25, -0.2) is 4.39 Å². The number of halogens is 2. The van der Waals surface area contributed by atoms with Gasteiger partial charge in [0.1, 0.15) is 5.82 Å². The van der Waals surface area contributed by atoms with Gasteiger partial charge in [0.25, 0.3) is 0 Å². The highest BCUT2D eigenvalue weighted by Gasteiger charge is 2.33. The summed E-state index contributed by atoms with van der Waals surface area (Å²) in [6, 6.07) is 6.18. The molecule has 1 aliphatic carbocycles. The van der Waals surface area contributed by atoms with Crippen LogP contribution < -0.4 is 5.32 Å². The van der Waals surface area contributed by atoms with Crippen molar-refractivity contribution in [2.75, 3.05) is 0 Å². The fourth-order valence-electron chi connectivity index (χ4n) is 2.52. The SMILES string of the molecule is Cc1noc(Cl)c1CC(=O)N[C@@H](c1ccc(F)cc1)C1CC1. The van der Waals surface area contributed by atoms with Crippen molar-refractivity contribution in [1.82, 2.24) is 10.5 Å². The molecule has 1 amide bonds. The molecule has 1 aromatic heterocycles. The van der Waals surface area contributed by atoms with E-state index in [9.17, 15) is 9.18 Å². The van der Waals surface area contributed by atoms with Crippen LogP contribution in [-0.4, -0.2) is 11.1 Å². The Kier molecular flexibility index (Phi) is 4.16. The van der Waals surface area contributed by atoms with E-state index in [1.54, 1.807) is 19.1 Å². The third kappa shape index (κ3) is 3.30. The Bertz CT molecular complexity index is 660. The van der Waals surface area contributed by atoms with Gasteiger partial charge in [-0.2, -0.15) is 0 Å². The molecule has 116 valence electrons. The third-order valence-electron chi connectivity index (χ3n) is 3.91. The van der Waals surface area contributed by atoms with Crippen molar-refractivity contribution in [1.29, 1.82) is 0 Å². The van der Waals surface area contributed by atoms with Gasteiger partial charge in [-0.15, -0.1) is 0 Å². The number of hydrogen-bond donors (Lipinski definition) is 1. The highest BCUT2D eigenvalue weighted by Crippen LogP contribution is 2.41. The predicted molar refractivity (Wildman–Crippen MR) is 80.0 cm³/mol. The van der Waals surface area contributed by atoms with Gasteiger partial charge in [0.2, 0.25) is 11.1 Å². The number of aromatic nitrogens is 1. The standard InChI is InChI=1S/C16H16ClFN2O2/c1-9-13(16(17)22-20-9)8-14(21)19-15(10-2-3-10)11-4-6-12(18)7-5-11/h4-7,10,15H,2-3,8H2,1H3,(H,19,21)/t15-/m1/s1. The van der Waals surface area contributed by atoms with Crippen LogP contribution in [0.3, 0.4) is 0 Å². The Morgan fingerprint density at radius 3 is 2.68 bits per heavy atom. The van der Waals surface area contributed by atoms with Crippen LogP contribution in [0.5, 0.6) is 0 Å². The fourth-order valence-corrected chi connectivity index (χ4v) is 2.75. The molecular formula is C16H16ClFN2O2. The molecule has 4 nitrogen and oxygen atoms in total. The van der Waals surface area contributed by atoms with Crippen molar-refractivity contribution >= 4 is 17.5 Å². The number of nitrogens with zero attached hydrogens (tertiary/aromatic N) is 1. The molecule has 1 aromatic carbocycles. The first kappa shape index (κ1) is 15.0. The van der Waals surface area contributed by atoms with Gasteiger partial charge < -0.3 is 9.84 Å². The summed E-state index contributed by atoms with van der Waals surface area (Å²) in [5.74, 6) is -0.0145. The minimum absolute atomic E-state index is 0.0907. The zero-order valence-electron chi connectivity index (χ0n) is 12.1. The summed E-state index contributed by atoms with van der Waals surface area (Å²) in [5.41, 5.74) is 2.14. The number of carbonyl (C=O) groups excluding carboxylic acids is 1. The molecule has 1 aliphatic rings. The van der Waals surface area contributed by atoms with E-state index in [0.29, 0.717) is 17.2 Å². The summed E-state index contributed by atoms with van der Waals surface area (Å²) >= 11 is 5.88. The molecule has 1 N–H and O–H groups in total. The van der Waals surface area contributed by atoms with Gasteiger partial charge >= 0.3 is 0 Å². The first-order valence-corrected chi connectivity index (χ1v) is 7.58. The van der Waals surface area contributed by atoms with Gasteiger partial charge in [-0.1, -0.05) is 17.3 Å². The van der Waals surface area contributed by atoms with Crippen LogP contribution in [0.25, 0.3) is 0 Å². The van der Waals surface area contributed by atoms with Crippen LogP contribution >= 0.6 is 11.6 Å². The lowest BCUT2D eigenvalue weighted by molar-refractivity contribution is -0.121. The highest BCUT2D eigenvalue weighted by molar-refractivity contribution is 6.29. The van der Waals surface area contributed by atoms with Crippen LogP contribution in [0.4, 0.5) is 4.39 Å². The first-order chi connectivity index (χ1) is 10.5. The summed E-state index contributed by atoms with van der Waals surface area (Å²) in [6.45, 7) is 1.75. The third-order valence-corrected chi connectivity index (χ3v) is 4.21. The highest BCUT2D eigenvalue weighted by atomic mass is 35.5. The number of nitrogens with one attached hydrogen (secondary N) is 1. The molecule has 0 radical (unpaired) electrons. The van der Waals surface area contributed by atoms with E-state index < -0.39 is 0 Å². The zero-order valence-corrected chi connectivity index (χ0v) is 12.9. The lowest BCUT2D eigenvalue weighted by Crippen LogP contribution is -2.31. The predicted octanol–water partition coefficient (Wildman–Crippen LogP) is 3.59. The molecule has 0 unspecified atom stereocenters. The van der Waals surface area contributed by atoms with Crippen molar-refractivity contribution in [2.24, 2.45) is 5.92 Å². The lowest BCUT2D eigenvalue weighted by Gasteiger charge is -2.18. The van der Waals surface area contributed by atoms with E-state index in [-0.39, 0.29) is 29.4 Å². The monoisotopic (exact) mass is 322 g/mol. The number of aryl methyl sites for hydroxylation is 1. The molecule has 1 heterocycles. The second-order valence-electron chi connectivity index (χ2n) is 5.63. The van der Waals surface area contributed by atoms with Gasteiger partial charge in [-0.3, -0.25) is 4.79 Å². The second-order valence-corrected chi connectivity index (χ2v) is 5.97. The van der Waals surface area contributed by atoms with E-state index >= 15 is 0 Å². The number of hydrogen-bond acceptors (Lipinski definition) is 3. The number of benzene rings is 1. The van der Waals surface area contributed by atoms with E-state index in [1.807, 2.05) is 0 Å². The van der Waals surface area contributed by atoms with Crippen LogP contribution in [0.15, 0.2) is 28.8 Å². The van der Waals surface area contributed by atoms with Crippen molar-refractivity contribution in [3.05, 3.63) is 52.1 Å².